The van der Waals surface area contributed by atoms with Gasteiger partial charge >= 0.3 is 0 Å². The van der Waals surface area contributed by atoms with Crippen LogP contribution < -0.4 is 5.32 Å². The molecule has 0 radical (unpaired) electrons. The van der Waals surface area contributed by atoms with Gasteiger partial charge in [0.15, 0.2) is 0 Å². The highest BCUT2D eigenvalue weighted by Crippen LogP contribution is 2.17. The van der Waals surface area contributed by atoms with E-state index in [1.54, 1.807) is 12.1 Å². The van der Waals surface area contributed by atoms with E-state index < -0.39 is 0 Å². The maximum Gasteiger partial charge on any atom is 0.138 e. The van der Waals surface area contributed by atoms with Crippen molar-refractivity contribution in [3.8, 4) is 5.75 Å². The van der Waals surface area contributed by atoms with Gasteiger partial charge in [0.25, 0.3) is 0 Å². The Balaban J connectivity index is 2.04. The molecule has 15 heavy (non-hydrogen) atoms. The standard InChI is InChI=1S/C12H15NO2/c14-11-3-1-2-9(7-11)6-10-8-13-5-4-12(10)15/h1-3,7,10,13-14H,4-6,8H2. The summed E-state index contributed by atoms with van der Waals surface area (Å²) in [5.41, 5.74) is 1.03. The average Bonchev–Trinajstić information content (AvgIpc) is 2.22. The first-order valence-corrected chi connectivity index (χ1v) is 5.27. The Kier molecular flexibility index (Phi) is 3.02. The fourth-order valence-electron chi connectivity index (χ4n) is 1.96. The van der Waals surface area contributed by atoms with E-state index in [0.29, 0.717) is 12.2 Å². The molecule has 2 N–H and O–H groups in total. The molecular weight excluding hydrogens is 190 g/mol. The summed E-state index contributed by atoms with van der Waals surface area (Å²) in [6.45, 7) is 1.56. The van der Waals surface area contributed by atoms with Gasteiger partial charge in [-0.15, -0.1) is 0 Å². The van der Waals surface area contributed by atoms with Gasteiger partial charge in [0.05, 0.1) is 0 Å². The van der Waals surface area contributed by atoms with E-state index in [-0.39, 0.29) is 11.7 Å². The highest BCUT2D eigenvalue weighted by Gasteiger charge is 2.21. The van der Waals surface area contributed by atoms with Crippen LogP contribution in [0.1, 0.15) is 12.0 Å². The minimum atomic E-state index is 0.0700. The molecule has 1 atom stereocenters. The number of Topliss-reactive ketones (excluding diaryl/α,β-unsaturated/α-hetero) is 1. The lowest BCUT2D eigenvalue weighted by Gasteiger charge is -2.21. The van der Waals surface area contributed by atoms with Gasteiger partial charge in [0.1, 0.15) is 11.5 Å². The molecule has 3 nitrogen and oxygen atoms in total. The van der Waals surface area contributed by atoms with E-state index in [4.69, 9.17) is 0 Å². The number of nitrogens with one attached hydrogen (secondary N) is 1. The molecule has 1 aliphatic rings. The molecule has 80 valence electrons. The van der Waals surface area contributed by atoms with Crippen molar-refractivity contribution in [2.24, 2.45) is 5.92 Å². The molecule has 1 aromatic carbocycles. The molecule has 1 aliphatic heterocycles. The summed E-state index contributed by atoms with van der Waals surface area (Å²) in [6, 6.07) is 7.12. The maximum atomic E-state index is 11.6. The van der Waals surface area contributed by atoms with Crippen molar-refractivity contribution in [3.05, 3.63) is 29.8 Å². The summed E-state index contributed by atoms with van der Waals surface area (Å²) >= 11 is 0. The van der Waals surface area contributed by atoms with Crippen molar-refractivity contribution < 1.29 is 9.90 Å². The van der Waals surface area contributed by atoms with Crippen LogP contribution in [-0.4, -0.2) is 24.0 Å². The van der Waals surface area contributed by atoms with Crippen molar-refractivity contribution in [2.75, 3.05) is 13.1 Å². The van der Waals surface area contributed by atoms with Crippen LogP contribution in [0.5, 0.6) is 5.75 Å². The molecule has 0 aromatic heterocycles. The Bertz CT molecular complexity index is 362. The van der Waals surface area contributed by atoms with Crippen LogP contribution >= 0.6 is 0 Å². The van der Waals surface area contributed by atoms with E-state index in [2.05, 4.69) is 5.32 Å². The quantitative estimate of drug-likeness (QED) is 0.760. The summed E-state index contributed by atoms with van der Waals surface area (Å²) in [5, 5.41) is 12.5. The van der Waals surface area contributed by atoms with Crippen LogP contribution in [-0.2, 0) is 11.2 Å². The van der Waals surface area contributed by atoms with Crippen LogP contribution in [0.15, 0.2) is 24.3 Å². The highest BCUT2D eigenvalue weighted by molar-refractivity contribution is 5.82. The van der Waals surface area contributed by atoms with Crippen LogP contribution in [0.3, 0.4) is 0 Å². The topological polar surface area (TPSA) is 49.3 Å². The number of phenols is 1. The molecule has 0 bridgehead atoms. The molecule has 1 saturated heterocycles. The highest BCUT2D eigenvalue weighted by atomic mass is 16.3. The van der Waals surface area contributed by atoms with Crippen LogP contribution in [0.4, 0.5) is 0 Å². The first-order valence-electron chi connectivity index (χ1n) is 5.27. The largest absolute Gasteiger partial charge is 0.508 e. The van der Waals surface area contributed by atoms with Gasteiger partial charge < -0.3 is 10.4 Å². The third kappa shape index (κ3) is 2.57. The number of hydrogen-bond acceptors (Lipinski definition) is 3. The smallest absolute Gasteiger partial charge is 0.138 e. The predicted octanol–water partition coefficient (Wildman–Crippen LogP) is 1.11. The zero-order chi connectivity index (χ0) is 10.7. The Labute approximate surface area is 89.1 Å². The van der Waals surface area contributed by atoms with Gasteiger partial charge in [-0.3, -0.25) is 4.79 Å². The molecular formula is C12H15NO2. The molecule has 1 aromatic rings. The summed E-state index contributed by atoms with van der Waals surface area (Å²) in [7, 11) is 0. The van der Waals surface area contributed by atoms with E-state index in [9.17, 15) is 9.90 Å². The van der Waals surface area contributed by atoms with Crippen molar-refractivity contribution >= 4 is 5.78 Å². The molecule has 0 saturated carbocycles. The second-order valence-electron chi connectivity index (χ2n) is 3.99. The molecule has 1 heterocycles. The molecule has 1 fully saturated rings. The van der Waals surface area contributed by atoms with Crippen molar-refractivity contribution in [3.63, 3.8) is 0 Å². The number of carbonyl (C=O) groups excluding carboxylic acids is 1. The maximum absolute atomic E-state index is 11.6. The monoisotopic (exact) mass is 205 g/mol. The van der Waals surface area contributed by atoms with Crippen LogP contribution in [0.2, 0.25) is 0 Å². The number of phenolic OH excluding ortho intramolecular Hbond substituents is 1. The summed E-state index contributed by atoms with van der Waals surface area (Å²) in [6.07, 6.45) is 1.35. The lowest BCUT2D eigenvalue weighted by molar-refractivity contribution is -0.123. The van der Waals surface area contributed by atoms with E-state index in [0.717, 1.165) is 25.1 Å². The molecule has 0 spiro atoms. The number of aromatic hydroxyl groups is 1. The Morgan fingerprint density at radius 2 is 2.33 bits per heavy atom. The lowest BCUT2D eigenvalue weighted by Crippen LogP contribution is -2.37. The fraction of sp³-hybridized carbons (Fsp3) is 0.417. The SMILES string of the molecule is O=C1CCNCC1Cc1cccc(O)c1. The predicted molar refractivity (Wildman–Crippen MR) is 57.8 cm³/mol. The number of hydrogen-bond donors (Lipinski definition) is 2. The normalized spacial score (nSPS) is 21.6. The van der Waals surface area contributed by atoms with Gasteiger partial charge in [-0.1, -0.05) is 12.1 Å². The zero-order valence-electron chi connectivity index (χ0n) is 8.57. The van der Waals surface area contributed by atoms with Crippen molar-refractivity contribution in [1.82, 2.24) is 5.32 Å². The van der Waals surface area contributed by atoms with Crippen LogP contribution in [0, 0.1) is 5.92 Å². The van der Waals surface area contributed by atoms with Crippen LogP contribution in [0.25, 0.3) is 0 Å². The van der Waals surface area contributed by atoms with E-state index in [1.807, 2.05) is 12.1 Å². The third-order valence-electron chi connectivity index (χ3n) is 2.79. The second kappa shape index (κ2) is 4.45. The first-order chi connectivity index (χ1) is 7.25. The number of rotatable bonds is 2. The van der Waals surface area contributed by atoms with Gasteiger partial charge in [-0.05, 0) is 24.1 Å². The number of benzene rings is 1. The molecule has 2 rings (SSSR count). The minimum Gasteiger partial charge on any atom is -0.508 e. The minimum absolute atomic E-state index is 0.0700. The average molecular weight is 205 g/mol. The number of piperidine rings is 1. The molecule has 3 heteroatoms. The lowest BCUT2D eigenvalue weighted by atomic mass is 9.91. The summed E-state index contributed by atoms with van der Waals surface area (Å²) in [5.74, 6) is 0.668. The molecule has 0 aliphatic carbocycles. The van der Waals surface area contributed by atoms with Gasteiger partial charge in [0, 0.05) is 25.4 Å². The Morgan fingerprint density at radius 3 is 3.07 bits per heavy atom. The van der Waals surface area contributed by atoms with Crippen molar-refractivity contribution in [2.45, 2.75) is 12.8 Å². The van der Waals surface area contributed by atoms with Crippen molar-refractivity contribution in [1.29, 1.82) is 0 Å². The Hall–Kier alpha value is -1.35. The summed E-state index contributed by atoms with van der Waals surface area (Å²) < 4.78 is 0. The number of ketones is 1. The van der Waals surface area contributed by atoms with Gasteiger partial charge in [-0.2, -0.15) is 0 Å². The van der Waals surface area contributed by atoms with E-state index in [1.165, 1.54) is 0 Å². The van der Waals surface area contributed by atoms with Gasteiger partial charge in [-0.25, -0.2) is 0 Å². The molecule has 1 unspecified atom stereocenters. The third-order valence-corrected chi connectivity index (χ3v) is 2.79. The first kappa shape index (κ1) is 10.2. The Morgan fingerprint density at radius 1 is 1.47 bits per heavy atom. The second-order valence-corrected chi connectivity index (χ2v) is 3.99. The number of carbonyl (C=O) groups is 1. The van der Waals surface area contributed by atoms with E-state index >= 15 is 0 Å². The summed E-state index contributed by atoms with van der Waals surface area (Å²) in [4.78, 5) is 11.6. The van der Waals surface area contributed by atoms with Gasteiger partial charge in [0.2, 0.25) is 0 Å². The molecule has 0 amide bonds. The fourth-order valence-corrected chi connectivity index (χ4v) is 1.96. The zero-order valence-corrected chi connectivity index (χ0v) is 8.57.